The minimum absolute atomic E-state index is 0.126. The lowest BCUT2D eigenvalue weighted by Crippen LogP contribution is -2.26. The van der Waals surface area contributed by atoms with Gasteiger partial charge in [-0.25, -0.2) is 4.79 Å². The number of carboxylic acid groups (broad SMARTS) is 1. The van der Waals surface area contributed by atoms with Crippen LogP contribution in [-0.4, -0.2) is 55.9 Å². The van der Waals surface area contributed by atoms with Crippen LogP contribution < -0.4 is 9.47 Å². The number of ether oxygens (including phenoxy) is 3. The van der Waals surface area contributed by atoms with Gasteiger partial charge in [0.2, 0.25) is 0 Å². The van der Waals surface area contributed by atoms with Gasteiger partial charge in [-0.1, -0.05) is 18.2 Å². The Bertz CT molecular complexity index is 759. The van der Waals surface area contributed by atoms with E-state index in [0.717, 1.165) is 5.56 Å². The molecule has 0 spiro atoms. The van der Waals surface area contributed by atoms with Gasteiger partial charge in [0.05, 0.1) is 6.61 Å². The van der Waals surface area contributed by atoms with E-state index in [2.05, 4.69) is 0 Å². The molecule has 0 aromatic heterocycles. The predicted octanol–water partition coefficient (Wildman–Crippen LogP) is 2.45. The molecule has 7 heteroatoms. The Kier molecular flexibility index (Phi) is 7.63. The zero-order valence-corrected chi connectivity index (χ0v) is 15.4. The number of methoxy groups -OCH3 is 1. The molecule has 0 unspecified atom stereocenters. The SMILES string of the molecule is COCCOc1cccc(C(=O)N(C)Cc2ccc(OCC(=O)O)cc2)c1. The van der Waals surface area contributed by atoms with Crippen molar-refractivity contribution in [3.8, 4) is 11.5 Å². The maximum absolute atomic E-state index is 12.6. The van der Waals surface area contributed by atoms with E-state index in [1.54, 1.807) is 67.6 Å². The lowest BCUT2D eigenvalue weighted by molar-refractivity contribution is -0.139. The second-order valence-electron chi connectivity index (χ2n) is 5.86. The maximum Gasteiger partial charge on any atom is 0.341 e. The normalized spacial score (nSPS) is 10.3. The zero-order chi connectivity index (χ0) is 19.6. The quantitative estimate of drug-likeness (QED) is 0.644. The molecule has 1 N–H and O–H groups in total. The summed E-state index contributed by atoms with van der Waals surface area (Å²) in [7, 11) is 3.32. The molecule has 144 valence electrons. The molecule has 0 heterocycles. The van der Waals surface area contributed by atoms with Gasteiger partial charge in [0, 0.05) is 26.3 Å². The number of hydrogen-bond donors (Lipinski definition) is 1. The van der Waals surface area contributed by atoms with E-state index in [9.17, 15) is 9.59 Å². The van der Waals surface area contributed by atoms with E-state index in [0.29, 0.717) is 36.8 Å². The molecule has 27 heavy (non-hydrogen) atoms. The average Bonchev–Trinajstić information content (AvgIpc) is 2.67. The Balaban J connectivity index is 1.95. The van der Waals surface area contributed by atoms with Crippen molar-refractivity contribution < 1.29 is 28.9 Å². The van der Waals surface area contributed by atoms with Gasteiger partial charge in [-0.15, -0.1) is 0 Å². The predicted molar refractivity (Wildman–Crippen MR) is 99.2 cm³/mol. The molecule has 0 fully saturated rings. The highest BCUT2D eigenvalue weighted by Gasteiger charge is 2.13. The first kappa shape index (κ1) is 20.3. The van der Waals surface area contributed by atoms with Crippen molar-refractivity contribution in [3.05, 3.63) is 59.7 Å². The molecule has 0 bridgehead atoms. The highest BCUT2D eigenvalue weighted by atomic mass is 16.5. The van der Waals surface area contributed by atoms with Crippen LogP contribution in [0.15, 0.2) is 48.5 Å². The summed E-state index contributed by atoms with van der Waals surface area (Å²) in [6.45, 7) is 0.915. The molecule has 0 saturated carbocycles. The summed E-state index contributed by atoms with van der Waals surface area (Å²) in [4.78, 5) is 24.7. The summed E-state index contributed by atoms with van der Waals surface area (Å²) in [6, 6.07) is 14.0. The third-order valence-corrected chi connectivity index (χ3v) is 3.69. The van der Waals surface area contributed by atoms with Crippen LogP contribution in [0.3, 0.4) is 0 Å². The highest BCUT2D eigenvalue weighted by Crippen LogP contribution is 2.17. The second kappa shape index (κ2) is 10.2. The Morgan fingerprint density at radius 3 is 2.41 bits per heavy atom. The summed E-state index contributed by atoms with van der Waals surface area (Å²) in [5.74, 6) is -0.0708. The van der Waals surface area contributed by atoms with Crippen molar-refractivity contribution in [2.24, 2.45) is 0 Å². The van der Waals surface area contributed by atoms with Crippen LogP contribution >= 0.6 is 0 Å². The molecule has 0 radical (unpaired) electrons. The minimum atomic E-state index is -1.03. The van der Waals surface area contributed by atoms with E-state index in [1.807, 2.05) is 0 Å². The van der Waals surface area contributed by atoms with Gasteiger partial charge in [-0.2, -0.15) is 0 Å². The summed E-state index contributed by atoms with van der Waals surface area (Å²) in [5.41, 5.74) is 1.44. The van der Waals surface area contributed by atoms with Gasteiger partial charge in [0.1, 0.15) is 18.1 Å². The summed E-state index contributed by atoms with van der Waals surface area (Å²) in [5, 5.41) is 8.61. The summed E-state index contributed by atoms with van der Waals surface area (Å²) >= 11 is 0. The van der Waals surface area contributed by atoms with Gasteiger partial charge in [0.15, 0.2) is 6.61 Å². The largest absolute Gasteiger partial charge is 0.491 e. The lowest BCUT2D eigenvalue weighted by atomic mass is 10.1. The smallest absolute Gasteiger partial charge is 0.341 e. The molecule has 2 aromatic carbocycles. The van der Waals surface area contributed by atoms with E-state index in [4.69, 9.17) is 19.3 Å². The van der Waals surface area contributed by atoms with Crippen molar-refractivity contribution in [2.75, 3.05) is 34.0 Å². The second-order valence-corrected chi connectivity index (χ2v) is 5.86. The van der Waals surface area contributed by atoms with Crippen LogP contribution in [0.4, 0.5) is 0 Å². The topological polar surface area (TPSA) is 85.3 Å². The van der Waals surface area contributed by atoms with E-state index in [1.165, 1.54) is 0 Å². The van der Waals surface area contributed by atoms with Crippen LogP contribution in [0.25, 0.3) is 0 Å². The number of carbonyl (C=O) groups excluding carboxylic acids is 1. The van der Waals surface area contributed by atoms with Crippen molar-refractivity contribution in [1.29, 1.82) is 0 Å². The lowest BCUT2D eigenvalue weighted by Gasteiger charge is -2.18. The fourth-order valence-corrected chi connectivity index (χ4v) is 2.36. The number of aliphatic carboxylic acids is 1. The number of carbonyl (C=O) groups is 2. The minimum Gasteiger partial charge on any atom is -0.491 e. The molecular formula is C20H23NO6. The molecule has 2 rings (SSSR count). The Hall–Kier alpha value is -3.06. The summed E-state index contributed by atoms with van der Waals surface area (Å²) in [6.07, 6.45) is 0. The Morgan fingerprint density at radius 2 is 1.74 bits per heavy atom. The van der Waals surface area contributed by atoms with Gasteiger partial charge < -0.3 is 24.2 Å². The highest BCUT2D eigenvalue weighted by molar-refractivity contribution is 5.94. The fourth-order valence-electron chi connectivity index (χ4n) is 2.36. The first-order valence-electron chi connectivity index (χ1n) is 8.40. The number of carboxylic acids is 1. The summed E-state index contributed by atoms with van der Waals surface area (Å²) < 4.78 is 15.6. The molecule has 1 amide bonds. The van der Waals surface area contributed by atoms with Crippen LogP contribution in [0.1, 0.15) is 15.9 Å². The van der Waals surface area contributed by atoms with Gasteiger partial charge in [0.25, 0.3) is 5.91 Å². The first-order chi connectivity index (χ1) is 13.0. The first-order valence-corrected chi connectivity index (χ1v) is 8.40. The van der Waals surface area contributed by atoms with Crippen LogP contribution in [0, 0.1) is 0 Å². The Labute approximate surface area is 158 Å². The molecule has 0 aliphatic heterocycles. The monoisotopic (exact) mass is 373 g/mol. The molecular weight excluding hydrogens is 350 g/mol. The Morgan fingerprint density at radius 1 is 1.00 bits per heavy atom. The van der Waals surface area contributed by atoms with Crippen LogP contribution in [0.2, 0.25) is 0 Å². The molecule has 7 nitrogen and oxygen atoms in total. The van der Waals surface area contributed by atoms with Crippen molar-refractivity contribution in [3.63, 3.8) is 0 Å². The standard InChI is InChI=1S/C20H23NO6/c1-21(13-15-6-8-17(9-7-15)27-14-19(22)23)20(24)16-4-3-5-18(12-16)26-11-10-25-2/h3-9,12H,10-11,13-14H2,1-2H3,(H,22,23). The number of benzene rings is 2. The average molecular weight is 373 g/mol. The number of nitrogens with zero attached hydrogens (tertiary/aromatic N) is 1. The zero-order valence-electron chi connectivity index (χ0n) is 15.4. The molecule has 2 aromatic rings. The van der Waals surface area contributed by atoms with E-state index >= 15 is 0 Å². The van der Waals surface area contributed by atoms with E-state index in [-0.39, 0.29) is 12.5 Å². The number of hydrogen-bond acceptors (Lipinski definition) is 5. The molecule has 0 aliphatic rings. The molecule has 0 atom stereocenters. The number of amides is 1. The fraction of sp³-hybridized carbons (Fsp3) is 0.300. The van der Waals surface area contributed by atoms with Gasteiger partial charge >= 0.3 is 5.97 Å². The molecule has 0 saturated heterocycles. The van der Waals surface area contributed by atoms with Gasteiger partial charge in [-0.05, 0) is 35.9 Å². The van der Waals surface area contributed by atoms with Crippen LogP contribution in [-0.2, 0) is 16.1 Å². The van der Waals surface area contributed by atoms with Gasteiger partial charge in [-0.3, -0.25) is 4.79 Å². The number of rotatable bonds is 10. The van der Waals surface area contributed by atoms with Crippen molar-refractivity contribution in [1.82, 2.24) is 4.90 Å². The van der Waals surface area contributed by atoms with Crippen LogP contribution in [0.5, 0.6) is 11.5 Å². The van der Waals surface area contributed by atoms with Crippen molar-refractivity contribution >= 4 is 11.9 Å². The molecule has 0 aliphatic carbocycles. The maximum atomic E-state index is 12.6. The third kappa shape index (κ3) is 6.63. The third-order valence-electron chi connectivity index (χ3n) is 3.69. The van der Waals surface area contributed by atoms with Crippen molar-refractivity contribution in [2.45, 2.75) is 6.54 Å². The van der Waals surface area contributed by atoms with E-state index < -0.39 is 5.97 Å².